The van der Waals surface area contributed by atoms with Crippen molar-refractivity contribution in [2.75, 3.05) is 19.7 Å². The van der Waals surface area contributed by atoms with Gasteiger partial charge in [-0.25, -0.2) is 0 Å². The molecular formula is C16H22N2O3. The average Bonchev–Trinajstić information content (AvgIpc) is 2.41. The summed E-state index contributed by atoms with van der Waals surface area (Å²) in [6.07, 6.45) is 0.119. The highest BCUT2D eigenvalue weighted by Gasteiger charge is 2.21. The van der Waals surface area contributed by atoms with E-state index in [4.69, 9.17) is 15.1 Å². The first kappa shape index (κ1) is 17.0. The molecule has 21 heavy (non-hydrogen) atoms. The molecule has 0 atom stereocenters. The Hall–Kier alpha value is -2.06. The molecule has 0 aromatic heterocycles. The molecule has 1 aromatic rings. The minimum Gasteiger partial charge on any atom is -0.492 e. The Morgan fingerprint density at radius 1 is 1.29 bits per heavy atom. The number of carboxylic acids is 1. The van der Waals surface area contributed by atoms with Crippen LogP contribution < -0.4 is 4.74 Å². The number of nitrogens with zero attached hydrogens (tertiary/aromatic N) is 2. The van der Waals surface area contributed by atoms with Gasteiger partial charge in [0.2, 0.25) is 0 Å². The van der Waals surface area contributed by atoms with Gasteiger partial charge in [-0.3, -0.25) is 9.69 Å². The number of aliphatic carboxylic acids is 1. The monoisotopic (exact) mass is 290 g/mol. The Kier molecular flexibility index (Phi) is 6.19. The standard InChI is InChI=1S/C16H22N2O3/c1-16(2,3)18(9-8-15(19)20)10-11-21-14-6-4-13(12-17)5-7-14/h4-7H,8-11H2,1-3H3,(H,19,20). The second-order valence-corrected chi connectivity index (χ2v) is 5.79. The Balaban J connectivity index is 2.49. The SMILES string of the molecule is CC(C)(C)N(CCOc1ccc(C#N)cc1)CCC(=O)O. The maximum Gasteiger partial charge on any atom is 0.304 e. The summed E-state index contributed by atoms with van der Waals surface area (Å²) in [4.78, 5) is 12.8. The van der Waals surface area contributed by atoms with Crippen LogP contribution in [0.3, 0.4) is 0 Å². The van der Waals surface area contributed by atoms with Crippen molar-refractivity contribution < 1.29 is 14.6 Å². The Morgan fingerprint density at radius 3 is 2.38 bits per heavy atom. The van der Waals surface area contributed by atoms with Crippen LogP contribution >= 0.6 is 0 Å². The molecule has 1 aromatic carbocycles. The normalized spacial score (nSPS) is 11.2. The lowest BCUT2D eigenvalue weighted by Gasteiger charge is -2.35. The largest absolute Gasteiger partial charge is 0.492 e. The van der Waals surface area contributed by atoms with Crippen LogP contribution in [0.25, 0.3) is 0 Å². The molecule has 114 valence electrons. The van der Waals surface area contributed by atoms with Gasteiger partial charge in [0.25, 0.3) is 0 Å². The summed E-state index contributed by atoms with van der Waals surface area (Å²) in [6.45, 7) is 7.78. The minimum absolute atomic E-state index is 0.108. The zero-order valence-corrected chi connectivity index (χ0v) is 12.8. The van der Waals surface area contributed by atoms with Crippen molar-refractivity contribution in [2.45, 2.75) is 32.7 Å². The van der Waals surface area contributed by atoms with Gasteiger partial charge >= 0.3 is 5.97 Å². The van der Waals surface area contributed by atoms with Crippen molar-refractivity contribution in [1.29, 1.82) is 5.26 Å². The number of rotatable bonds is 7. The van der Waals surface area contributed by atoms with E-state index < -0.39 is 5.97 Å². The molecule has 0 heterocycles. The van der Waals surface area contributed by atoms with Gasteiger partial charge in [0.15, 0.2) is 0 Å². The zero-order chi connectivity index (χ0) is 15.9. The van der Waals surface area contributed by atoms with Crippen molar-refractivity contribution in [1.82, 2.24) is 4.90 Å². The van der Waals surface area contributed by atoms with Gasteiger partial charge in [-0.2, -0.15) is 5.26 Å². The second-order valence-electron chi connectivity index (χ2n) is 5.79. The predicted octanol–water partition coefficient (Wildman–Crippen LogP) is 2.51. The number of carboxylic acid groups (broad SMARTS) is 1. The second kappa shape index (κ2) is 7.65. The molecule has 0 spiro atoms. The van der Waals surface area contributed by atoms with Crippen molar-refractivity contribution in [3.05, 3.63) is 29.8 Å². The number of carbonyl (C=O) groups is 1. The molecule has 0 fully saturated rings. The first-order valence-corrected chi connectivity index (χ1v) is 6.93. The summed E-state index contributed by atoms with van der Waals surface area (Å²) in [6, 6.07) is 9.00. The molecule has 0 amide bonds. The molecule has 0 unspecified atom stereocenters. The zero-order valence-electron chi connectivity index (χ0n) is 12.8. The van der Waals surface area contributed by atoms with E-state index in [1.165, 1.54) is 0 Å². The summed E-state index contributed by atoms with van der Waals surface area (Å²) in [7, 11) is 0. The molecule has 0 aliphatic rings. The summed E-state index contributed by atoms with van der Waals surface area (Å²) >= 11 is 0. The van der Waals surface area contributed by atoms with E-state index in [9.17, 15) is 4.79 Å². The maximum absolute atomic E-state index is 10.7. The molecule has 0 aliphatic heterocycles. The molecule has 1 N–H and O–H groups in total. The molecular weight excluding hydrogens is 268 g/mol. The molecule has 5 nitrogen and oxygen atoms in total. The molecule has 0 bridgehead atoms. The summed E-state index contributed by atoms with van der Waals surface area (Å²) in [5.41, 5.74) is 0.490. The van der Waals surface area contributed by atoms with Crippen LogP contribution in [0, 0.1) is 11.3 Å². The van der Waals surface area contributed by atoms with Crippen LogP contribution in [0.1, 0.15) is 32.8 Å². The molecule has 0 saturated carbocycles. The lowest BCUT2D eigenvalue weighted by atomic mass is 10.1. The van der Waals surface area contributed by atoms with E-state index in [-0.39, 0.29) is 12.0 Å². The number of hydrogen-bond acceptors (Lipinski definition) is 4. The van der Waals surface area contributed by atoms with Gasteiger partial charge in [0.1, 0.15) is 12.4 Å². The Morgan fingerprint density at radius 2 is 1.90 bits per heavy atom. The highest BCUT2D eigenvalue weighted by molar-refractivity contribution is 5.66. The van der Waals surface area contributed by atoms with Gasteiger partial charge < -0.3 is 9.84 Å². The molecule has 0 aliphatic carbocycles. The Labute approximate surface area is 125 Å². The highest BCUT2D eigenvalue weighted by Crippen LogP contribution is 2.15. The van der Waals surface area contributed by atoms with E-state index in [0.717, 1.165) is 0 Å². The smallest absolute Gasteiger partial charge is 0.304 e. The minimum atomic E-state index is -0.794. The molecule has 1 rings (SSSR count). The van der Waals surface area contributed by atoms with Crippen molar-refractivity contribution >= 4 is 5.97 Å². The van der Waals surface area contributed by atoms with Gasteiger partial charge in [-0.1, -0.05) is 0 Å². The summed E-state index contributed by atoms with van der Waals surface area (Å²) in [5, 5.41) is 17.5. The number of benzene rings is 1. The van der Waals surface area contributed by atoms with E-state index in [1.54, 1.807) is 24.3 Å². The van der Waals surface area contributed by atoms with E-state index in [2.05, 4.69) is 31.7 Å². The van der Waals surface area contributed by atoms with Crippen molar-refractivity contribution in [3.63, 3.8) is 0 Å². The number of ether oxygens (including phenoxy) is 1. The first-order valence-electron chi connectivity index (χ1n) is 6.93. The summed E-state index contributed by atoms with van der Waals surface area (Å²) < 4.78 is 5.64. The lowest BCUT2D eigenvalue weighted by molar-refractivity contribution is -0.137. The van der Waals surface area contributed by atoms with Crippen molar-refractivity contribution in [2.24, 2.45) is 0 Å². The van der Waals surface area contributed by atoms with E-state index >= 15 is 0 Å². The summed E-state index contributed by atoms with van der Waals surface area (Å²) in [5.74, 6) is -0.0849. The number of hydrogen-bond donors (Lipinski definition) is 1. The van der Waals surface area contributed by atoms with Crippen LogP contribution in [0.15, 0.2) is 24.3 Å². The molecule has 0 saturated heterocycles. The third-order valence-corrected chi connectivity index (χ3v) is 3.16. The maximum atomic E-state index is 10.7. The fraction of sp³-hybridized carbons (Fsp3) is 0.500. The fourth-order valence-corrected chi connectivity index (χ4v) is 1.91. The molecule has 5 heteroatoms. The van der Waals surface area contributed by atoms with Crippen LogP contribution in [-0.2, 0) is 4.79 Å². The van der Waals surface area contributed by atoms with Gasteiger partial charge in [-0.05, 0) is 45.0 Å². The number of nitriles is 1. The first-order chi connectivity index (χ1) is 9.82. The Bertz CT molecular complexity index is 498. The highest BCUT2D eigenvalue weighted by atomic mass is 16.5. The van der Waals surface area contributed by atoms with Crippen LogP contribution in [0.4, 0.5) is 0 Å². The van der Waals surface area contributed by atoms with Crippen LogP contribution in [0.5, 0.6) is 5.75 Å². The van der Waals surface area contributed by atoms with Crippen LogP contribution in [0.2, 0.25) is 0 Å². The third kappa shape index (κ3) is 6.28. The van der Waals surface area contributed by atoms with Gasteiger partial charge in [0, 0.05) is 18.6 Å². The third-order valence-electron chi connectivity index (χ3n) is 3.16. The average molecular weight is 290 g/mol. The quantitative estimate of drug-likeness (QED) is 0.835. The lowest BCUT2D eigenvalue weighted by Crippen LogP contribution is -2.44. The van der Waals surface area contributed by atoms with Crippen molar-refractivity contribution in [3.8, 4) is 11.8 Å². The predicted molar refractivity (Wildman–Crippen MR) is 80.2 cm³/mol. The fourth-order valence-electron chi connectivity index (χ4n) is 1.91. The van der Waals surface area contributed by atoms with Crippen LogP contribution in [-0.4, -0.2) is 41.2 Å². The topological polar surface area (TPSA) is 73.6 Å². The molecule has 0 radical (unpaired) electrons. The van der Waals surface area contributed by atoms with E-state index in [0.29, 0.717) is 31.0 Å². The van der Waals surface area contributed by atoms with E-state index in [1.807, 2.05) is 0 Å². The van der Waals surface area contributed by atoms with Gasteiger partial charge in [-0.15, -0.1) is 0 Å². The van der Waals surface area contributed by atoms with Gasteiger partial charge in [0.05, 0.1) is 18.1 Å².